The number of fused-ring (bicyclic) bond motifs is 1. The fraction of sp³-hybridized carbons (Fsp3) is 0.150. The molecule has 0 aliphatic heterocycles. The zero-order valence-electron chi connectivity index (χ0n) is 14.7. The van der Waals surface area contributed by atoms with E-state index in [1.54, 1.807) is 31.5 Å². The molecule has 0 unspecified atom stereocenters. The summed E-state index contributed by atoms with van der Waals surface area (Å²) >= 11 is 0. The van der Waals surface area contributed by atoms with Gasteiger partial charge in [-0.05, 0) is 24.3 Å². The second-order valence-electron chi connectivity index (χ2n) is 5.79. The van der Waals surface area contributed by atoms with E-state index < -0.39 is 0 Å². The van der Waals surface area contributed by atoms with Crippen molar-refractivity contribution in [3.63, 3.8) is 0 Å². The minimum Gasteiger partial charge on any atom is -0.496 e. The van der Waals surface area contributed by atoms with Gasteiger partial charge in [0, 0.05) is 18.3 Å². The molecule has 0 saturated heterocycles. The Balaban J connectivity index is 1.70. The molecule has 0 atom stereocenters. The molecule has 1 aromatic carbocycles. The number of para-hydroxylation sites is 1. The van der Waals surface area contributed by atoms with E-state index in [0.717, 1.165) is 5.56 Å². The number of nitrogens with zero attached hydrogens (tertiary/aromatic N) is 2. The minimum atomic E-state index is -0.317. The van der Waals surface area contributed by atoms with Crippen molar-refractivity contribution in [2.75, 3.05) is 19.0 Å². The molecule has 2 N–H and O–H groups in total. The highest BCUT2D eigenvalue weighted by Crippen LogP contribution is 2.16. The average molecular weight is 362 g/mol. The Bertz CT molecular complexity index is 1080. The van der Waals surface area contributed by atoms with Gasteiger partial charge in [-0.25, -0.2) is 0 Å². The summed E-state index contributed by atoms with van der Waals surface area (Å²) in [4.78, 5) is 24.6. The molecule has 7 heteroatoms. The van der Waals surface area contributed by atoms with Crippen molar-refractivity contribution >= 4 is 17.1 Å². The van der Waals surface area contributed by atoms with Crippen LogP contribution in [0, 0.1) is 11.3 Å². The largest absolute Gasteiger partial charge is 0.496 e. The van der Waals surface area contributed by atoms with Crippen LogP contribution in [-0.2, 0) is 11.3 Å². The van der Waals surface area contributed by atoms with Crippen LogP contribution in [0.25, 0.3) is 5.52 Å². The SMILES string of the molecule is COc1ccccc1CNC(=O)CNc1cc(C#N)c2ccccn2c1=O. The Hall–Kier alpha value is -3.79. The number of ether oxygens (including phenoxy) is 1. The predicted molar refractivity (Wildman–Crippen MR) is 102 cm³/mol. The second kappa shape index (κ2) is 8.06. The molecular formula is C20H18N4O3. The monoisotopic (exact) mass is 362 g/mol. The molecule has 0 saturated carbocycles. The number of hydrogen-bond donors (Lipinski definition) is 2. The zero-order valence-corrected chi connectivity index (χ0v) is 14.7. The lowest BCUT2D eigenvalue weighted by atomic mass is 10.2. The van der Waals surface area contributed by atoms with Crippen LogP contribution in [0.4, 0.5) is 5.69 Å². The molecule has 136 valence electrons. The average Bonchev–Trinajstić information content (AvgIpc) is 2.72. The number of nitrogens with one attached hydrogen (secondary N) is 2. The van der Waals surface area contributed by atoms with Gasteiger partial charge in [0.05, 0.1) is 24.7 Å². The van der Waals surface area contributed by atoms with Crippen molar-refractivity contribution in [2.24, 2.45) is 0 Å². The van der Waals surface area contributed by atoms with E-state index in [1.807, 2.05) is 24.3 Å². The molecular weight excluding hydrogens is 344 g/mol. The first kappa shape index (κ1) is 18.0. The number of hydrogen-bond acceptors (Lipinski definition) is 5. The highest BCUT2D eigenvalue weighted by molar-refractivity contribution is 5.81. The molecule has 2 aromatic heterocycles. The van der Waals surface area contributed by atoms with Crippen molar-refractivity contribution in [1.82, 2.24) is 9.72 Å². The first-order chi connectivity index (χ1) is 13.1. The smallest absolute Gasteiger partial charge is 0.278 e. The number of anilines is 1. The fourth-order valence-corrected chi connectivity index (χ4v) is 2.75. The molecule has 27 heavy (non-hydrogen) atoms. The molecule has 0 aliphatic rings. The van der Waals surface area contributed by atoms with Gasteiger partial charge in [0.1, 0.15) is 17.5 Å². The van der Waals surface area contributed by atoms with Gasteiger partial charge in [-0.1, -0.05) is 24.3 Å². The maximum absolute atomic E-state index is 12.5. The van der Waals surface area contributed by atoms with Crippen LogP contribution in [0.15, 0.2) is 59.5 Å². The summed E-state index contributed by atoms with van der Waals surface area (Å²) in [5.74, 6) is 0.411. The Labute approximate surface area is 155 Å². The maximum Gasteiger partial charge on any atom is 0.278 e. The third-order valence-corrected chi connectivity index (χ3v) is 4.10. The Morgan fingerprint density at radius 3 is 2.78 bits per heavy atom. The van der Waals surface area contributed by atoms with E-state index in [2.05, 4.69) is 16.7 Å². The fourth-order valence-electron chi connectivity index (χ4n) is 2.75. The number of pyridine rings is 2. The van der Waals surface area contributed by atoms with Gasteiger partial charge in [-0.3, -0.25) is 14.0 Å². The van der Waals surface area contributed by atoms with Gasteiger partial charge >= 0.3 is 0 Å². The lowest BCUT2D eigenvalue weighted by molar-refractivity contribution is -0.119. The number of nitriles is 1. The molecule has 0 fully saturated rings. The number of carbonyl (C=O) groups excluding carboxylic acids is 1. The van der Waals surface area contributed by atoms with Crippen LogP contribution in [0.1, 0.15) is 11.1 Å². The predicted octanol–water partition coefficient (Wildman–Crippen LogP) is 1.91. The molecule has 2 heterocycles. The van der Waals surface area contributed by atoms with Crippen LogP contribution in [0.3, 0.4) is 0 Å². The summed E-state index contributed by atoms with van der Waals surface area (Å²) in [6, 6.07) is 16.1. The Kier molecular flexibility index (Phi) is 5.38. The van der Waals surface area contributed by atoms with Crippen molar-refractivity contribution in [1.29, 1.82) is 5.26 Å². The van der Waals surface area contributed by atoms with Crippen molar-refractivity contribution in [2.45, 2.75) is 6.54 Å². The van der Waals surface area contributed by atoms with E-state index in [4.69, 9.17) is 4.74 Å². The van der Waals surface area contributed by atoms with E-state index in [9.17, 15) is 14.9 Å². The first-order valence-electron chi connectivity index (χ1n) is 8.31. The standard InChI is InChI=1S/C20H18N4O3/c1-27-18-8-3-2-6-14(18)12-23-19(25)13-22-16-10-15(11-21)17-7-4-5-9-24(17)20(16)26/h2-10,22H,12-13H2,1H3,(H,23,25). The summed E-state index contributed by atoms with van der Waals surface area (Å²) < 4.78 is 6.63. The normalized spacial score (nSPS) is 10.2. The highest BCUT2D eigenvalue weighted by Gasteiger charge is 2.10. The van der Waals surface area contributed by atoms with Crippen molar-refractivity contribution in [3.8, 4) is 11.8 Å². The summed E-state index contributed by atoms with van der Waals surface area (Å²) in [6.07, 6.45) is 1.59. The molecule has 0 aliphatic carbocycles. The van der Waals surface area contributed by atoms with Crippen molar-refractivity contribution < 1.29 is 9.53 Å². The summed E-state index contributed by atoms with van der Waals surface area (Å²) in [5.41, 5.74) is 1.61. The molecule has 0 bridgehead atoms. The highest BCUT2D eigenvalue weighted by atomic mass is 16.5. The molecule has 3 rings (SSSR count). The first-order valence-corrected chi connectivity index (χ1v) is 8.31. The molecule has 3 aromatic rings. The van der Waals surface area contributed by atoms with Crippen LogP contribution in [-0.4, -0.2) is 24.0 Å². The van der Waals surface area contributed by atoms with E-state index >= 15 is 0 Å². The van der Waals surface area contributed by atoms with Gasteiger partial charge in [0.2, 0.25) is 5.91 Å². The van der Waals surface area contributed by atoms with Crippen LogP contribution in [0.5, 0.6) is 5.75 Å². The molecule has 0 radical (unpaired) electrons. The van der Waals surface area contributed by atoms with Crippen LogP contribution >= 0.6 is 0 Å². The Morgan fingerprint density at radius 2 is 2.00 bits per heavy atom. The van der Waals surface area contributed by atoms with E-state index in [1.165, 1.54) is 10.5 Å². The topological polar surface area (TPSA) is 95.6 Å². The number of carbonyl (C=O) groups is 1. The van der Waals surface area contributed by atoms with E-state index in [-0.39, 0.29) is 23.7 Å². The van der Waals surface area contributed by atoms with Gasteiger partial charge in [0.25, 0.3) is 5.56 Å². The zero-order chi connectivity index (χ0) is 19.2. The molecule has 1 amide bonds. The third-order valence-electron chi connectivity index (χ3n) is 4.10. The molecule has 7 nitrogen and oxygen atoms in total. The third kappa shape index (κ3) is 3.90. The van der Waals surface area contributed by atoms with Crippen LogP contribution < -0.4 is 20.9 Å². The second-order valence-corrected chi connectivity index (χ2v) is 5.79. The molecule has 0 spiro atoms. The lowest BCUT2D eigenvalue weighted by Gasteiger charge is -2.11. The number of aromatic nitrogens is 1. The van der Waals surface area contributed by atoms with Crippen molar-refractivity contribution in [3.05, 3.63) is 76.2 Å². The van der Waals surface area contributed by atoms with E-state index in [0.29, 0.717) is 23.4 Å². The lowest BCUT2D eigenvalue weighted by Crippen LogP contribution is -2.31. The quantitative estimate of drug-likeness (QED) is 0.698. The number of rotatable bonds is 6. The van der Waals surface area contributed by atoms with Crippen LogP contribution in [0.2, 0.25) is 0 Å². The maximum atomic E-state index is 12.5. The number of amides is 1. The van der Waals surface area contributed by atoms with Gasteiger partial charge in [-0.15, -0.1) is 0 Å². The van der Waals surface area contributed by atoms with Gasteiger partial charge in [-0.2, -0.15) is 5.26 Å². The summed E-state index contributed by atoms with van der Waals surface area (Å²) in [6.45, 7) is 0.221. The number of methoxy groups -OCH3 is 1. The summed E-state index contributed by atoms with van der Waals surface area (Å²) in [5, 5.41) is 14.9. The summed E-state index contributed by atoms with van der Waals surface area (Å²) in [7, 11) is 1.57. The number of benzene rings is 1. The van der Waals surface area contributed by atoms with Gasteiger partial charge < -0.3 is 15.4 Å². The Morgan fingerprint density at radius 1 is 1.22 bits per heavy atom. The minimum absolute atomic E-state index is 0.0891. The van der Waals surface area contributed by atoms with Gasteiger partial charge in [0.15, 0.2) is 0 Å².